The fourth-order valence-corrected chi connectivity index (χ4v) is 2.39. The molecule has 0 aliphatic carbocycles. The maximum absolute atomic E-state index is 5.99. The van der Waals surface area contributed by atoms with Gasteiger partial charge in [0.15, 0.2) is 0 Å². The predicted molar refractivity (Wildman–Crippen MR) is 67.5 cm³/mol. The molecule has 0 radical (unpaired) electrons. The molecule has 0 bridgehead atoms. The molecule has 4 nitrogen and oxygen atoms in total. The van der Waals surface area contributed by atoms with Gasteiger partial charge in [0.1, 0.15) is 10.7 Å². The minimum atomic E-state index is 0.365. The first-order chi connectivity index (χ1) is 7.63. The summed E-state index contributed by atoms with van der Waals surface area (Å²) in [7, 11) is 0. The third-order valence-electron chi connectivity index (χ3n) is 2.47. The first kappa shape index (κ1) is 11.1. The lowest BCUT2D eigenvalue weighted by Gasteiger charge is -2.10. The fourth-order valence-electron chi connectivity index (χ4n) is 1.61. The molecule has 2 N–H and O–H groups in total. The Kier molecular flexibility index (Phi) is 2.96. The van der Waals surface area contributed by atoms with Crippen molar-refractivity contribution in [2.75, 3.05) is 5.73 Å². The number of nitrogen functional groups attached to an aromatic ring is 1. The van der Waals surface area contributed by atoms with Crippen LogP contribution in [0.1, 0.15) is 31.8 Å². The van der Waals surface area contributed by atoms with Crippen LogP contribution in [0.3, 0.4) is 0 Å². The van der Waals surface area contributed by atoms with E-state index in [1.165, 1.54) is 0 Å². The summed E-state index contributed by atoms with van der Waals surface area (Å²) in [5.41, 5.74) is 7.86. The molecule has 2 aromatic heterocycles. The van der Waals surface area contributed by atoms with Crippen LogP contribution in [0.15, 0.2) is 12.5 Å². The standard InChI is InChI=1S/C11H16N4S/c1-4-9-14-10(11(12)16-9)8-5-13-6-15(8)7(2)3/h5-7H,4,12H2,1-3H3. The summed E-state index contributed by atoms with van der Waals surface area (Å²) in [4.78, 5) is 8.71. The topological polar surface area (TPSA) is 56.7 Å². The smallest absolute Gasteiger partial charge is 0.123 e. The van der Waals surface area contributed by atoms with Crippen molar-refractivity contribution in [3.63, 3.8) is 0 Å². The molecular formula is C11H16N4S. The molecule has 0 aliphatic heterocycles. The Morgan fingerprint density at radius 3 is 2.81 bits per heavy atom. The number of nitrogens with two attached hydrogens (primary N) is 1. The molecule has 0 aromatic carbocycles. The summed E-state index contributed by atoms with van der Waals surface area (Å²) in [5.74, 6) is 0. The number of nitrogens with zero attached hydrogens (tertiary/aromatic N) is 3. The lowest BCUT2D eigenvalue weighted by atomic mass is 10.3. The van der Waals surface area contributed by atoms with E-state index in [1.54, 1.807) is 11.3 Å². The maximum atomic E-state index is 5.99. The fraction of sp³-hybridized carbons (Fsp3) is 0.455. The van der Waals surface area contributed by atoms with Crippen molar-refractivity contribution in [3.05, 3.63) is 17.5 Å². The van der Waals surface area contributed by atoms with Gasteiger partial charge in [0.05, 0.1) is 23.2 Å². The van der Waals surface area contributed by atoms with Crippen molar-refractivity contribution in [2.24, 2.45) is 0 Å². The second-order valence-electron chi connectivity index (χ2n) is 3.95. The van der Waals surface area contributed by atoms with Crippen molar-refractivity contribution in [1.29, 1.82) is 0 Å². The van der Waals surface area contributed by atoms with E-state index in [9.17, 15) is 0 Å². The Balaban J connectivity index is 2.49. The molecule has 0 aliphatic rings. The molecule has 2 aromatic rings. The zero-order valence-electron chi connectivity index (χ0n) is 9.77. The van der Waals surface area contributed by atoms with Crippen LogP contribution in [0.2, 0.25) is 0 Å². The number of imidazole rings is 1. The van der Waals surface area contributed by atoms with Gasteiger partial charge in [-0.25, -0.2) is 9.97 Å². The van der Waals surface area contributed by atoms with Crippen LogP contribution in [0.4, 0.5) is 5.00 Å². The average Bonchev–Trinajstić information content (AvgIpc) is 2.82. The Morgan fingerprint density at radius 1 is 1.50 bits per heavy atom. The molecule has 0 amide bonds. The van der Waals surface area contributed by atoms with Crippen molar-refractivity contribution in [2.45, 2.75) is 33.2 Å². The van der Waals surface area contributed by atoms with E-state index in [4.69, 9.17) is 5.73 Å². The molecule has 0 saturated carbocycles. The van der Waals surface area contributed by atoms with Gasteiger partial charge in [-0.15, -0.1) is 11.3 Å². The van der Waals surface area contributed by atoms with Crippen LogP contribution in [-0.4, -0.2) is 14.5 Å². The third kappa shape index (κ3) is 1.82. The first-order valence-electron chi connectivity index (χ1n) is 5.40. The van der Waals surface area contributed by atoms with Crippen LogP contribution in [0, 0.1) is 0 Å². The van der Waals surface area contributed by atoms with Crippen LogP contribution in [0.5, 0.6) is 0 Å². The Labute approximate surface area is 99.2 Å². The van der Waals surface area contributed by atoms with Gasteiger partial charge < -0.3 is 10.3 Å². The maximum Gasteiger partial charge on any atom is 0.123 e. The molecule has 0 saturated heterocycles. The van der Waals surface area contributed by atoms with Crippen LogP contribution in [-0.2, 0) is 6.42 Å². The van der Waals surface area contributed by atoms with Crippen molar-refractivity contribution in [1.82, 2.24) is 14.5 Å². The molecule has 2 rings (SSSR count). The summed E-state index contributed by atoms with van der Waals surface area (Å²) in [6, 6.07) is 0.365. The monoisotopic (exact) mass is 236 g/mol. The number of aromatic nitrogens is 3. The number of hydrogen-bond donors (Lipinski definition) is 1. The summed E-state index contributed by atoms with van der Waals surface area (Å²) < 4.78 is 2.09. The zero-order valence-corrected chi connectivity index (χ0v) is 10.6. The molecule has 0 atom stereocenters. The van der Waals surface area contributed by atoms with E-state index in [2.05, 4.69) is 35.3 Å². The predicted octanol–water partition coefficient (Wildman–Crippen LogP) is 2.73. The lowest BCUT2D eigenvalue weighted by Crippen LogP contribution is -2.02. The summed E-state index contributed by atoms with van der Waals surface area (Å²) in [6.45, 7) is 6.32. The Bertz CT molecular complexity index is 484. The highest BCUT2D eigenvalue weighted by atomic mass is 32.1. The molecule has 2 heterocycles. The lowest BCUT2D eigenvalue weighted by molar-refractivity contribution is 0.604. The highest BCUT2D eigenvalue weighted by molar-refractivity contribution is 7.16. The van der Waals surface area contributed by atoms with E-state index in [0.29, 0.717) is 6.04 Å². The van der Waals surface area contributed by atoms with Gasteiger partial charge >= 0.3 is 0 Å². The highest BCUT2D eigenvalue weighted by Crippen LogP contribution is 2.31. The quantitative estimate of drug-likeness (QED) is 0.891. The summed E-state index contributed by atoms with van der Waals surface area (Å²) >= 11 is 1.56. The zero-order chi connectivity index (χ0) is 11.7. The second-order valence-corrected chi connectivity index (χ2v) is 5.07. The van der Waals surface area contributed by atoms with Gasteiger partial charge in [-0.1, -0.05) is 6.92 Å². The van der Waals surface area contributed by atoms with Gasteiger partial charge in [-0.2, -0.15) is 0 Å². The SMILES string of the molecule is CCc1nc(-c2cncn2C(C)C)c(N)s1. The molecule has 0 spiro atoms. The molecule has 0 fully saturated rings. The minimum absolute atomic E-state index is 0.365. The van der Waals surface area contributed by atoms with E-state index >= 15 is 0 Å². The van der Waals surface area contributed by atoms with Gasteiger partial charge in [0, 0.05) is 6.04 Å². The van der Waals surface area contributed by atoms with Crippen molar-refractivity contribution < 1.29 is 0 Å². The van der Waals surface area contributed by atoms with Crippen molar-refractivity contribution >= 4 is 16.3 Å². The number of hydrogen-bond acceptors (Lipinski definition) is 4. The van der Waals surface area contributed by atoms with Gasteiger partial charge in [0.2, 0.25) is 0 Å². The van der Waals surface area contributed by atoms with Gasteiger partial charge in [-0.3, -0.25) is 0 Å². The highest BCUT2D eigenvalue weighted by Gasteiger charge is 2.15. The normalized spacial score (nSPS) is 11.2. The van der Waals surface area contributed by atoms with Crippen LogP contribution in [0.25, 0.3) is 11.4 Å². The van der Waals surface area contributed by atoms with Crippen molar-refractivity contribution in [3.8, 4) is 11.4 Å². The average molecular weight is 236 g/mol. The van der Waals surface area contributed by atoms with E-state index in [-0.39, 0.29) is 0 Å². The molecular weight excluding hydrogens is 220 g/mol. The number of anilines is 1. The minimum Gasteiger partial charge on any atom is -0.389 e. The van der Waals surface area contributed by atoms with Crippen LogP contribution >= 0.6 is 11.3 Å². The third-order valence-corrected chi connectivity index (χ3v) is 3.49. The van der Waals surface area contributed by atoms with Crippen LogP contribution < -0.4 is 5.73 Å². The molecule has 5 heteroatoms. The summed E-state index contributed by atoms with van der Waals surface area (Å²) in [6.07, 6.45) is 4.57. The van der Waals surface area contributed by atoms with E-state index < -0.39 is 0 Å². The number of rotatable bonds is 3. The summed E-state index contributed by atoms with van der Waals surface area (Å²) in [5, 5.41) is 1.85. The van der Waals surface area contributed by atoms with E-state index in [0.717, 1.165) is 27.8 Å². The largest absolute Gasteiger partial charge is 0.389 e. The number of aryl methyl sites for hydroxylation is 1. The molecule has 16 heavy (non-hydrogen) atoms. The van der Waals surface area contributed by atoms with Gasteiger partial charge in [-0.05, 0) is 20.3 Å². The molecule has 0 unspecified atom stereocenters. The van der Waals surface area contributed by atoms with E-state index in [1.807, 2.05) is 12.5 Å². The second kappa shape index (κ2) is 4.25. The number of thiazole rings is 1. The Morgan fingerprint density at radius 2 is 2.25 bits per heavy atom. The molecule has 86 valence electrons. The van der Waals surface area contributed by atoms with Gasteiger partial charge in [0.25, 0.3) is 0 Å². The Hall–Kier alpha value is -1.36. The first-order valence-corrected chi connectivity index (χ1v) is 6.22.